The molecule has 0 saturated carbocycles. The van der Waals surface area contributed by atoms with Gasteiger partial charge in [-0.3, -0.25) is 4.79 Å². The van der Waals surface area contributed by atoms with Crippen molar-refractivity contribution in [3.8, 4) is 5.75 Å². The molecule has 0 aliphatic rings. The highest BCUT2D eigenvalue weighted by atomic mass is 32.2. The van der Waals surface area contributed by atoms with E-state index in [-0.39, 0.29) is 11.7 Å². The summed E-state index contributed by atoms with van der Waals surface area (Å²) >= 11 is 0. The zero-order valence-electron chi connectivity index (χ0n) is 14.6. The van der Waals surface area contributed by atoms with Gasteiger partial charge in [0, 0.05) is 19.5 Å². The van der Waals surface area contributed by atoms with E-state index in [4.69, 9.17) is 4.18 Å². The van der Waals surface area contributed by atoms with Gasteiger partial charge in [-0.2, -0.15) is 8.42 Å². The van der Waals surface area contributed by atoms with E-state index in [2.05, 4.69) is 13.8 Å². The smallest absolute Gasteiger partial charge is 0.306 e. The van der Waals surface area contributed by atoms with Gasteiger partial charge in [0.15, 0.2) is 0 Å². The summed E-state index contributed by atoms with van der Waals surface area (Å²) in [6.45, 7) is 9.44. The third kappa shape index (κ3) is 8.02. The van der Waals surface area contributed by atoms with Crippen molar-refractivity contribution in [1.82, 2.24) is 4.90 Å². The average Bonchev–Trinajstić information content (AvgIpc) is 2.37. The maximum absolute atomic E-state index is 12.4. The van der Waals surface area contributed by atoms with E-state index in [9.17, 15) is 13.2 Å². The molecule has 0 atom stereocenters. The monoisotopic (exact) mass is 341 g/mol. The third-order valence-electron chi connectivity index (χ3n) is 3.07. The Kier molecular flexibility index (Phi) is 7.06. The van der Waals surface area contributed by atoms with Crippen molar-refractivity contribution in [2.45, 2.75) is 40.7 Å². The van der Waals surface area contributed by atoms with Gasteiger partial charge in [-0.25, -0.2) is 0 Å². The number of hydrogen-bond donors (Lipinski definition) is 0. The van der Waals surface area contributed by atoms with Crippen LogP contribution in [0.1, 0.15) is 39.7 Å². The van der Waals surface area contributed by atoms with Crippen molar-refractivity contribution >= 4 is 16.0 Å². The molecule has 0 aliphatic carbocycles. The van der Waals surface area contributed by atoms with E-state index in [0.29, 0.717) is 31.3 Å². The van der Waals surface area contributed by atoms with Gasteiger partial charge < -0.3 is 9.08 Å². The lowest BCUT2D eigenvalue weighted by Gasteiger charge is -2.25. The van der Waals surface area contributed by atoms with E-state index in [1.807, 2.05) is 18.7 Å². The topological polar surface area (TPSA) is 63.7 Å². The van der Waals surface area contributed by atoms with Gasteiger partial charge in [-0.05, 0) is 29.5 Å². The first-order valence-electron chi connectivity index (χ1n) is 7.83. The molecule has 0 heterocycles. The SMILES string of the molecule is CC(C)CC(=O)N(Cc1ccc(OS(C)(=O)=O)cc1)CC(C)C. The second-order valence-electron chi connectivity index (χ2n) is 6.70. The van der Waals surface area contributed by atoms with Gasteiger partial charge in [0.1, 0.15) is 5.75 Å². The summed E-state index contributed by atoms with van der Waals surface area (Å²) in [5, 5.41) is 0. The third-order valence-corrected chi connectivity index (χ3v) is 3.56. The molecule has 1 rings (SSSR count). The molecule has 1 aromatic carbocycles. The van der Waals surface area contributed by atoms with Crippen LogP contribution in [-0.4, -0.2) is 32.0 Å². The number of carbonyl (C=O) groups is 1. The predicted molar refractivity (Wildman–Crippen MR) is 91.6 cm³/mol. The molecule has 0 bridgehead atoms. The van der Waals surface area contributed by atoms with Crippen LogP contribution in [0, 0.1) is 11.8 Å². The first kappa shape index (κ1) is 19.5. The van der Waals surface area contributed by atoms with Gasteiger partial charge in [-0.15, -0.1) is 0 Å². The zero-order valence-corrected chi connectivity index (χ0v) is 15.4. The Morgan fingerprint density at radius 1 is 1.09 bits per heavy atom. The fourth-order valence-corrected chi connectivity index (χ4v) is 2.68. The summed E-state index contributed by atoms with van der Waals surface area (Å²) in [5.74, 6) is 1.13. The van der Waals surface area contributed by atoms with Crippen molar-refractivity contribution in [1.29, 1.82) is 0 Å². The molecule has 1 amide bonds. The van der Waals surface area contributed by atoms with E-state index < -0.39 is 10.1 Å². The van der Waals surface area contributed by atoms with Crippen LogP contribution in [0.15, 0.2) is 24.3 Å². The summed E-state index contributed by atoms with van der Waals surface area (Å²) in [6.07, 6.45) is 1.54. The van der Waals surface area contributed by atoms with Crippen molar-refractivity contribution in [3.63, 3.8) is 0 Å². The summed E-state index contributed by atoms with van der Waals surface area (Å²) in [7, 11) is -3.52. The molecule has 0 fully saturated rings. The molecular formula is C17H27NO4S. The Hall–Kier alpha value is -1.56. The largest absolute Gasteiger partial charge is 0.383 e. The van der Waals surface area contributed by atoms with E-state index in [0.717, 1.165) is 11.8 Å². The normalized spacial score (nSPS) is 11.8. The number of hydrogen-bond acceptors (Lipinski definition) is 4. The summed E-state index contributed by atoms with van der Waals surface area (Å²) in [4.78, 5) is 14.2. The second-order valence-corrected chi connectivity index (χ2v) is 8.27. The molecule has 0 N–H and O–H groups in total. The predicted octanol–water partition coefficient (Wildman–Crippen LogP) is 3.06. The van der Waals surface area contributed by atoms with E-state index >= 15 is 0 Å². The highest BCUT2D eigenvalue weighted by Gasteiger charge is 2.16. The van der Waals surface area contributed by atoms with Gasteiger partial charge in [-0.1, -0.05) is 39.8 Å². The molecule has 1 aromatic rings. The quantitative estimate of drug-likeness (QED) is 0.682. The Morgan fingerprint density at radius 3 is 2.09 bits per heavy atom. The maximum Gasteiger partial charge on any atom is 0.306 e. The zero-order chi connectivity index (χ0) is 17.6. The number of amides is 1. The van der Waals surface area contributed by atoms with Crippen LogP contribution >= 0.6 is 0 Å². The minimum Gasteiger partial charge on any atom is -0.383 e. The molecule has 0 spiro atoms. The first-order chi connectivity index (χ1) is 10.6. The molecule has 0 radical (unpaired) electrons. The first-order valence-corrected chi connectivity index (χ1v) is 9.64. The fourth-order valence-electron chi connectivity index (χ4n) is 2.22. The van der Waals surface area contributed by atoms with Crippen molar-refractivity contribution in [3.05, 3.63) is 29.8 Å². The van der Waals surface area contributed by atoms with Crippen molar-refractivity contribution in [2.24, 2.45) is 11.8 Å². The molecule has 5 nitrogen and oxygen atoms in total. The molecule has 0 saturated heterocycles. The van der Waals surface area contributed by atoms with Crippen LogP contribution in [0.4, 0.5) is 0 Å². The van der Waals surface area contributed by atoms with Crippen LogP contribution in [0.5, 0.6) is 5.75 Å². The standard InChI is InChI=1S/C17H27NO4S/c1-13(2)10-17(19)18(11-14(3)4)12-15-6-8-16(9-7-15)22-23(5,20)21/h6-9,13-14H,10-12H2,1-5H3. The molecule has 6 heteroatoms. The Labute approximate surface area is 139 Å². The van der Waals surface area contributed by atoms with Gasteiger partial charge in [0.05, 0.1) is 6.26 Å². The van der Waals surface area contributed by atoms with Gasteiger partial charge in [0.25, 0.3) is 0 Å². The Morgan fingerprint density at radius 2 is 1.65 bits per heavy atom. The summed E-state index contributed by atoms with van der Waals surface area (Å²) in [5.41, 5.74) is 0.948. The molecule has 23 heavy (non-hydrogen) atoms. The number of nitrogens with zero attached hydrogens (tertiary/aromatic N) is 1. The number of carbonyl (C=O) groups excluding carboxylic acids is 1. The lowest BCUT2D eigenvalue weighted by molar-refractivity contribution is -0.133. The molecule has 0 unspecified atom stereocenters. The minimum atomic E-state index is -3.52. The van der Waals surface area contributed by atoms with Crippen LogP contribution in [0.2, 0.25) is 0 Å². The highest BCUT2D eigenvalue weighted by Crippen LogP contribution is 2.17. The van der Waals surface area contributed by atoms with Crippen molar-refractivity contribution < 1.29 is 17.4 Å². The van der Waals surface area contributed by atoms with Crippen LogP contribution in [-0.2, 0) is 21.5 Å². The van der Waals surface area contributed by atoms with Gasteiger partial charge in [0.2, 0.25) is 5.91 Å². The van der Waals surface area contributed by atoms with Crippen molar-refractivity contribution in [2.75, 3.05) is 12.8 Å². The number of rotatable bonds is 8. The lowest BCUT2D eigenvalue weighted by atomic mass is 10.1. The second kappa shape index (κ2) is 8.34. The van der Waals surface area contributed by atoms with Crippen LogP contribution in [0.3, 0.4) is 0 Å². The molecule has 0 aliphatic heterocycles. The summed E-state index contributed by atoms with van der Waals surface area (Å²) in [6, 6.07) is 6.79. The average molecular weight is 341 g/mol. The molecular weight excluding hydrogens is 314 g/mol. The lowest BCUT2D eigenvalue weighted by Crippen LogP contribution is -2.34. The Bertz CT molecular complexity index is 606. The number of benzene rings is 1. The van der Waals surface area contributed by atoms with Gasteiger partial charge >= 0.3 is 10.1 Å². The van der Waals surface area contributed by atoms with E-state index in [1.54, 1.807) is 24.3 Å². The van der Waals surface area contributed by atoms with Crippen LogP contribution in [0.25, 0.3) is 0 Å². The Balaban J connectivity index is 2.80. The minimum absolute atomic E-state index is 0.144. The summed E-state index contributed by atoms with van der Waals surface area (Å²) < 4.78 is 27.0. The molecule has 0 aromatic heterocycles. The molecule has 130 valence electrons. The maximum atomic E-state index is 12.4. The fraction of sp³-hybridized carbons (Fsp3) is 0.588. The van der Waals surface area contributed by atoms with Crippen LogP contribution < -0.4 is 4.18 Å². The highest BCUT2D eigenvalue weighted by molar-refractivity contribution is 7.86. The van der Waals surface area contributed by atoms with E-state index in [1.165, 1.54) is 0 Å².